The van der Waals surface area contributed by atoms with E-state index in [0.717, 1.165) is 31.7 Å². The molecule has 6 nitrogen and oxygen atoms in total. The third kappa shape index (κ3) is 4.24. The first-order chi connectivity index (χ1) is 8.69. The number of rotatable bonds is 4. The number of hydrogen-bond donors (Lipinski definition) is 2. The quantitative estimate of drug-likeness (QED) is 0.876. The molecule has 1 aliphatic rings. The zero-order valence-corrected chi connectivity index (χ0v) is 11.7. The molecule has 2 rings (SSSR count). The van der Waals surface area contributed by atoms with E-state index in [0.29, 0.717) is 11.9 Å². The van der Waals surface area contributed by atoms with Crippen LogP contribution in [0, 0.1) is 5.92 Å². The summed E-state index contributed by atoms with van der Waals surface area (Å²) >= 11 is 0. The molecule has 0 bridgehead atoms. The maximum atomic E-state index is 10.7. The molecule has 1 aliphatic heterocycles. The number of aromatic nitrogens is 2. The number of nitrogens with zero attached hydrogens (tertiary/aromatic N) is 3. The molecule has 7 heteroatoms. The molecule has 0 unspecified atom stereocenters. The molecule has 0 saturated carbocycles. The van der Waals surface area contributed by atoms with E-state index in [1.54, 1.807) is 13.2 Å². The van der Waals surface area contributed by atoms with Crippen LogP contribution in [0.5, 0.6) is 0 Å². The van der Waals surface area contributed by atoms with E-state index < -0.39 is 5.97 Å². The fourth-order valence-corrected chi connectivity index (χ4v) is 2.26. The van der Waals surface area contributed by atoms with Crippen LogP contribution in [0.25, 0.3) is 0 Å². The number of nitrogens with one attached hydrogen (secondary N) is 1. The van der Waals surface area contributed by atoms with E-state index in [1.807, 2.05) is 6.07 Å². The van der Waals surface area contributed by atoms with Crippen LogP contribution < -0.4 is 10.2 Å². The molecule has 1 aromatic rings. The molecule has 0 amide bonds. The number of piperidine rings is 1. The minimum absolute atomic E-state index is 0. The summed E-state index contributed by atoms with van der Waals surface area (Å²) in [6.07, 6.45) is 3.83. The second-order valence-corrected chi connectivity index (χ2v) is 4.52. The Balaban J connectivity index is 0.00000180. The topological polar surface area (TPSA) is 78.4 Å². The fraction of sp³-hybridized carbons (Fsp3) is 0.583. The average molecular weight is 287 g/mol. The minimum Gasteiger partial charge on any atom is -0.481 e. The zero-order valence-electron chi connectivity index (χ0n) is 10.9. The highest BCUT2D eigenvalue weighted by Gasteiger charge is 2.22. The maximum Gasteiger partial charge on any atom is 0.303 e. The van der Waals surface area contributed by atoms with Gasteiger partial charge < -0.3 is 15.3 Å². The van der Waals surface area contributed by atoms with Gasteiger partial charge in [0.25, 0.3) is 0 Å². The van der Waals surface area contributed by atoms with Crippen molar-refractivity contribution in [2.75, 3.05) is 30.4 Å². The number of carbonyl (C=O) groups is 1. The van der Waals surface area contributed by atoms with Gasteiger partial charge in [0, 0.05) is 32.8 Å². The summed E-state index contributed by atoms with van der Waals surface area (Å²) < 4.78 is 0. The van der Waals surface area contributed by atoms with Crippen LogP contribution in [0.15, 0.2) is 12.3 Å². The fourth-order valence-electron chi connectivity index (χ4n) is 2.26. The Bertz CT molecular complexity index is 422. The molecular formula is C12H19ClN4O2. The predicted octanol–water partition coefficient (Wildman–Crippen LogP) is 1.63. The van der Waals surface area contributed by atoms with Crippen LogP contribution in [-0.4, -0.2) is 41.2 Å². The van der Waals surface area contributed by atoms with Gasteiger partial charge in [-0.1, -0.05) is 0 Å². The van der Waals surface area contributed by atoms with E-state index in [-0.39, 0.29) is 18.8 Å². The van der Waals surface area contributed by atoms with Gasteiger partial charge in [0.05, 0.1) is 0 Å². The smallest absolute Gasteiger partial charge is 0.303 e. The van der Waals surface area contributed by atoms with Crippen molar-refractivity contribution in [1.82, 2.24) is 9.97 Å². The van der Waals surface area contributed by atoms with Gasteiger partial charge in [0.15, 0.2) is 0 Å². The second-order valence-electron chi connectivity index (χ2n) is 4.52. The van der Waals surface area contributed by atoms with Crippen LogP contribution in [0.3, 0.4) is 0 Å². The molecule has 0 aromatic carbocycles. The van der Waals surface area contributed by atoms with Gasteiger partial charge in [-0.15, -0.1) is 12.4 Å². The predicted molar refractivity (Wildman–Crippen MR) is 76.0 cm³/mol. The lowest BCUT2D eigenvalue weighted by Gasteiger charge is -2.32. The van der Waals surface area contributed by atoms with Crippen molar-refractivity contribution < 1.29 is 9.90 Å². The molecule has 2 N–H and O–H groups in total. The third-order valence-electron chi connectivity index (χ3n) is 3.27. The van der Waals surface area contributed by atoms with Crippen molar-refractivity contribution in [2.45, 2.75) is 19.3 Å². The Labute approximate surface area is 118 Å². The Hall–Kier alpha value is -1.56. The van der Waals surface area contributed by atoms with Crippen molar-refractivity contribution in [3.8, 4) is 0 Å². The minimum atomic E-state index is -0.701. The normalized spacial score (nSPS) is 15.7. The first kappa shape index (κ1) is 15.5. The monoisotopic (exact) mass is 286 g/mol. The molecule has 1 aromatic heterocycles. The standard InChI is InChI=1S/C12H18N4O2.ClH/c1-13-12-14-5-2-10(15-12)16-6-3-9(4-7-16)8-11(17)18;/h2,5,9H,3-4,6-8H2,1H3,(H,17,18)(H,13,14,15);1H. The zero-order chi connectivity index (χ0) is 13.0. The van der Waals surface area contributed by atoms with Crippen molar-refractivity contribution in [3.05, 3.63) is 12.3 Å². The highest BCUT2D eigenvalue weighted by Crippen LogP contribution is 2.24. The number of carboxylic acids is 1. The average Bonchev–Trinajstić information content (AvgIpc) is 2.39. The van der Waals surface area contributed by atoms with Gasteiger partial charge in [-0.25, -0.2) is 4.98 Å². The van der Waals surface area contributed by atoms with Gasteiger partial charge in [-0.3, -0.25) is 4.79 Å². The summed E-state index contributed by atoms with van der Waals surface area (Å²) in [7, 11) is 1.79. The Kier molecular flexibility index (Phi) is 5.82. The summed E-state index contributed by atoms with van der Waals surface area (Å²) in [6, 6.07) is 1.89. The van der Waals surface area contributed by atoms with Crippen LogP contribution in [-0.2, 0) is 4.79 Å². The van der Waals surface area contributed by atoms with E-state index in [1.165, 1.54) is 0 Å². The molecule has 1 saturated heterocycles. The molecule has 0 atom stereocenters. The molecule has 0 radical (unpaired) electrons. The summed E-state index contributed by atoms with van der Waals surface area (Å²) in [5, 5.41) is 11.7. The highest BCUT2D eigenvalue weighted by molar-refractivity contribution is 5.85. The lowest BCUT2D eigenvalue weighted by Crippen LogP contribution is -2.35. The molecular weight excluding hydrogens is 268 g/mol. The molecule has 106 valence electrons. The largest absolute Gasteiger partial charge is 0.481 e. The molecule has 1 fully saturated rings. The number of aliphatic carboxylic acids is 1. The van der Waals surface area contributed by atoms with Gasteiger partial charge in [0.1, 0.15) is 5.82 Å². The van der Waals surface area contributed by atoms with E-state index >= 15 is 0 Å². The number of hydrogen-bond acceptors (Lipinski definition) is 5. The van der Waals surface area contributed by atoms with Crippen molar-refractivity contribution >= 4 is 30.1 Å². The Morgan fingerprint density at radius 2 is 2.21 bits per heavy atom. The first-order valence-electron chi connectivity index (χ1n) is 6.16. The first-order valence-corrected chi connectivity index (χ1v) is 6.16. The Morgan fingerprint density at radius 1 is 1.53 bits per heavy atom. The lowest BCUT2D eigenvalue weighted by atomic mass is 9.94. The molecule has 0 aliphatic carbocycles. The van der Waals surface area contributed by atoms with Crippen LogP contribution in [0.1, 0.15) is 19.3 Å². The van der Waals surface area contributed by atoms with E-state index in [4.69, 9.17) is 5.11 Å². The molecule has 2 heterocycles. The van der Waals surface area contributed by atoms with E-state index in [9.17, 15) is 4.79 Å². The summed E-state index contributed by atoms with van der Waals surface area (Å²) in [5.74, 6) is 1.11. The summed E-state index contributed by atoms with van der Waals surface area (Å²) in [5.41, 5.74) is 0. The number of anilines is 2. The Morgan fingerprint density at radius 3 is 2.79 bits per heavy atom. The van der Waals surface area contributed by atoms with Gasteiger partial charge in [0.2, 0.25) is 5.95 Å². The van der Waals surface area contributed by atoms with Gasteiger partial charge in [-0.2, -0.15) is 4.98 Å². The van der Waals surface area contributed by atoms with Crippen LogP contribution in [0.4, 0.5) is 11.8 Å². The van der Waals surface area contributed by atoms with E-state index in [2.05, 4.69) is 20.2 Å². The highest BCUT2D eigenvalue weighted by atomic mass is 35.5. The maximum absolute atomic E-state index is 10.7. The van der Waals surface area contributed by atoms with Crippen molar-refractivity contribution in [1.29, 1.82) is 0 Å². The number of halogens is 1. The lowest BCUT2D eigenvalue weighted by molar-refractivity contribution is -0.138. The van der Waals surface area contributed by atoms with Gasteiger partial charge in [-0.05, 0) is 24.8 Å². The van der Waals surface area contributed by atoms with Crippen LogP contribution in [0.2, 0.25) is 0 Å². The third-order valence-corrected chi connectivity index (χ3v) is 3.27. The molecule has 19 heavy (non-hydrogen) atoms. The van der Waals surface area contributed by atoms with Gasteiger partial charge >= 0.3 is 5.97 Å². The van der Waals surface area contributed by atoms with Crippen molar-refractivity contribution in [2.24, 2.45) is 5.92 Å². The SMILES string of the molecule is CNc1nccc(N2CCC(CC(=O)O)CC2)n1.Cl. The summed E-state index contributed by atoms with van der Waals surface area (Å²) in [4.78, 5) is 21.3. The second kappa shape index (κ2) is 7.13. The molecule has 0 spiro atoms. The van der Waals surface area contributed by atoms with Crippen LogP contribution >= 0.6 is 12.4 Å². The number of carboxylic acid groups (broad SMARTS) is 1. The summed E-state index contributed by atoms with van der Waals surface area (Å²) in [6.45, 7) is 1.72. The van der Waals surface area contributed by atoms with Crippen molar-refractivity contribution in [3.63, 3.8) is 0 Å².